The Bertz CT molecular complexity index is 464. The summed E-state index contributed by atoms with van der Waals surface area (Å²) >= 11 is 1.60. The monoisotopic (exact) mass is 238 g/mol. The van der Waals surface area contributed by atoms with E-state index in [-0.39, 0.29) is 0 Å². The van der Waals surface area contributed by atoms with Gasteiger partial charge in [0.05, 0.1) is 11.8 Å². The normalized spacial score (nSPS) is 12.9. The van der Waals surface area contributed by atoms with Gasteiger partial charge in [-0.2, -0.15) is 0 Å². The molecule has 2 heterocycles. The lowest BCUT2D eigenvalue weighted by atomic mass is 10.3. The molecule has 0 bridgehead atoms. The number of furan rings is 1. The molecular weight excluding hydrogens is 224 g/mol. The minimum atomic E-state index is 0.485. The first kappa shape index (κ1) is 11.3. The SMILES string of the molecule is CCC(C)Sc1nnc(-c2ccoc2C)o1. The van der Waals surface area contributed by atoms with Crippen LogP contribution < -0.4 is 0 Å². The van der Waals surface area contributed by atoms with Crippen molar-refractivity contribution in [1.29, 1.82) is 0 Å². The predicted molar refractivity (Wildman–Crippen MR) is 62.3 cm³/mol. The molecule has 5 heteroatoms. The molecule has 0 fully saturated rings. The molecule has 0 N–H and O–H groups in total. The maximum atomic E-state index is 5.56. The van der Waals surface area contributed by atoms with Crippen LogP contribution >= 0.6 is 11.8 Å². The maximum Gasteiger partial charge on any atom is 0.277 e. The zero-order chi connectivity index (χ0) is 11.5. The van der Waals surface area contributed by atoms with Gasteiger partial charge in [0.1, 0.15) is 5.76 Å². The number of rotatable bonds is 4. The summed E-state index contributed by atoms with van der Waals surface area (Å²) in [5, 5.41) is 9.12. The van der Waals surface area contributed by atoms with E-state index < -0.39 is 0 Å². The molecule has 1 atom stereocenters. The summed E-state index contributed by atoms with van der Waals surface area (Å²) in [6, 6.07) is 1.83. The molecule has 2 aromatic heterocycles. The van der Waals surface area contributed by atoms with Gasteiger partial charge >= 0.3 is 0 Å². The van der Waals surface area contributed by atoms with Crippen molar-refractivity contribution in [2.45, 2.75) is 37.7 Å². The van der Waals surface area contributed by atoms with E-state index >= 15 is 0 Å². The Kier molecular flexibility index (Phi) is 3.33. The molecule has 0 saturated heterocycles. The summed E-state index contributed by atoms with van der Waals surface area (Å²) in [6.07, 6.45) is 2.70. The molecule has 0 saturated carbocycles. The number of hydrogen-bond acceptors (Lipinski definition) is 5. The van der Waals surface area contributed by atoms with Crippen LogP contribution in [0, 0.1) is 6.92 Å². The molecule has 4 nitrogen and oxygen atoms in total. The van der Waals surface area contributed by atoms with Crippen LogP contribution in [0.3, 0.4) is 0 Å². The third kappa shape index (κ3) is 2.29. The Balaban J connectivity index is 2.17. The van der Waals surface area contributed by atoms with Crippen LogP contribution in [0.5, 0.6) is 0 Å². The summed E-state index contributed by atoms with van der Waals surface area (Å²) in [6.45, 7) is 6.15. The van der Waals surface area contributed by atoms with E-state index in [0.29, 0.717) is 16.4 Å². The van der Waals surface area contributed by atoms with Crippen molar-refractivity contribution in [3.8, 4) is 11.5 Å². The highest BCUT2D eigenvalue weighted by Crippen LogP contribution is 2.28. The summed E-state index contributed by atoms with van der Waals surface area (Å²) in [4.78, 5) is 0. The van der Waals surface area contributed by atoms with Crippen LogP contribution in [0.1, 0.15) is 26.0 Å². The van der Waals surface area contributed by atoms with Gasteiger partial charge in [-0.1, -0.05) is 25.6 Å². The van der Waals surface area contributed by atoms with E-state index in [0.717, 1.165) is 17.7 Å². The van der Waals surface area contributed by atoms with Gasteiger partial charge in [-0.15, -0.1) is 10.2 Å². The van der Waals surface area contributed by atoms with Gasteiger partial charge in [-0.3, -0.25) is 0 Å². The van der Waals surface area contributed by atoms with Crippen molar-refractivity contribution in [1.82, 2.24) is 10.2 Å². The van der Waals surface area contributed by atoms with Gasteiger partial charge in [0, 0.05) is 5.25 Å². The summed E-state index contributed by atoms with van der Waals surface area (Å²) in [5.74, 6) is 1.32. The lowest BCUT2D eigenvalue weighted by Gasteiger charge is -2.01. The van der Waals surface area contributed by atoms with Gasteiger partial charge in [0.15, 0.2) is 0 Å². The molecule has 0 aliphatic carbocycles. The number of nitrogens with zero attached hydrogens (tertiary/aromatic N) is 2. The lowest BCUT2D eigenvalue weighted by molar-refractivity contribution is 0.462. The Morgan fingerprint density at radius 1 is 1.44 bits per heavy atom. The first-order valence-electron chi connectivity index (χ1n) is 5.25. The third-order valence-electron chi connectivity index (χ3n) is 2.37. The number of thioether (sulfide) groups is 1. The average Bonchev–Trinajstić information content (AvgIpc) is 2.86. The zero-order valence-electron chi connectivity index (χ0n) is 9.56. The van der Waals surface area contributed by atoms with E-state index in [4.69, 9.17) is 8.83 Å². The molecule has 2 aromatic rings. The Morgan fingerprint density at radius 3 is 2.88 bits per heavy atom. The molecule has 0 amide bonds. The Labute approximate surface area is 98.4 Å². The molecule has 0 spiro atoms. The van der Waals surface area contributed by atoms with Gasteiger partial charge in [0.2, 0.25) is 0 Å². The smallest absolute Gasteiger partial charge is 0.277 e. The van der Waals surface area contributed by atoms with Gasteiger partial charge in [-0.25, -0.2) is 0 Å². The minimum Gasteiger partial charge on any atom is -0.469 e. The molecule has 0 aromatic carbocycles. The Hall–Kier alpha value is -1.23. The van der Waals surface area contributed by atoms with Crippen molar-refractivity contribution in [2.24, 2.45) is 0 Å². The Morgan fingerprint density at radius 2 is 2.25 bits per heavy atom. The summed E-state index contributed by atoms with van der Waals surface area (Å²) in [5.41, 5.74) is 0.864. The first-order valence-corrected chi connectivity index (χ1v) is 6.13. The quantitative estimate of drug-likeness (QED) is 0.763. The second-order valence-electron chi connectivity index (χ2n) is 3.60. The topological polar surface area (TPSA) is 52.1 Å². The van der Waals surface area contributed by atoms with Crippen molar-refractivity contribution in [3.05, 3.63) is 18.1 Å². The fourth-order valence-corrected chi connectivity index (χ4v) is 1.95. The number of aromatic nitrogens is 2. The molecule has 0 aliphatic rings. The van der Waals surface area contributed by atoms with E-state index in [2.05, 4.69) is 24.0 Å². The molecule has 1 unspecified atom stereocenters. The van der Waals surface area contributed by atoms with Crippen LogP contribution in [0.2, 0.25) is 0 Å². The maximum absolute atomic E-state index is 5.56. The van der Waals surface area contributed by atoms with Crippen LogP contribution in [0.15, 0.2) is 26.4 Å². The van der Waals surface area contributed by atoms with Gasteiger partial charge in [-0.05, 0) is 19.4 Å². The molecule has 16 heavy (non-hydrogen) atoms. The summed E-state index contributed by atoms with van der Waals surface area (Å²) < 4.78 is 10.8. The van der Waals surface area contributed by atoms with E-state index in [1.165, 1.54) is 0 Å². The van der Waals surface area contributed by atoms with Gasteiger partial charge < -0.3 is 8.83 Å². The van der Waals surface area contributed by atoms with Crippen LogP contribution in [0.25, 0.3) is 11.5 Å². The fourth-order valence-electron chi connectivity index (χ4n) is 1.23. The second-order valence-corrected chi connectivity index (χ2v) is 4.99. The van der Waals surface area contributed by atoms with Crippen molar-refractivity contribution < 1.29 is 8.83 Å². The number of hydrogen-bond donors (Lipinski definition) is 0. The molecule has 0 aliphatic heterocycles. The van der Waals surface area contributed by atoms with E-state index in [1.54, 1.807) is 18.0 Å². The highest BCUT2D eigenvalue weighted by Gasteiger charge is 2.14. The summed E-state index contributed by atoms with van der Waals surface area (Å²) in [7, 11) is 0. The number of aryl methyl sites for hydroxylation is 1. The van der Waals surface area contributed by atoms with Crippen molar-refractivity contribution in [3.63, 3.8) is 0 Å². The minimum absolute atomic E-state index is 0.485. The van der Waals surface area contributed by atoms with Crippen molar-refractivity contribution in [2.75, 3.05) is 0 Å². The zero-order valence-corrected chi connectivity index (χ0v) is 10.4. The molecule has 2 rings (SSSR count). The molecular formula is C11H14N2O2S. The first-order chi connectivity index (χ1) is 7.70. The third-order valence-corrected chi connectivity index (χ3v) is 3.47. The largest absolute Gasteiger partial charge is 0.469 e. The van der Waals surface area contributed by atoms with Crippen LogP contribution in [0.4, 0.5) is 0 Å². The average molecular weight is 238 g/mol. The highest BCUT2D eigenvalue weighted by atomic mass is 32.2. The van der Waals surface area contributed by atoms with E-state index in [1.807, 2.05) is 13.0 Å². The molecule has 0 radical (unpaired) electrons. The fraction of sp³-hybridized carbons (Fsp3) is 0.455. The predicted octanol–water partition coefficient (Wildman–Crippen LogP) is 3.53. The lowest BCUT2D eigenvalue weighted by Crippen LogP contribution is -1.91. The van der Waals surface area contributed by atoms with Crippen molar-refractivity contribution >= 4 is 11.8 Å². The van der Waals surface area contributed by atoms with Crippen LogP contribution in [-0.4, -0.2) is 15.4 Å². The standard InChI is InChI=1S/C11H14N2O2S/c1-4-7(2)16-11-13-12-10(15-11)9-5-6-14-8(9)3/h5-7H,4H2,1-3H3. The van der Waals surface area contributed by atoms with Crippen LogP contribution in [-0.2, 0) is 0 Å². The van der Waals surface area contributed by atoms with Gasteiger partial charge in [0.25, 0.3) is 11.1 Å². The highest BCUT2D eigenvalue weighted by molar-refractivity contribution is 7.99. The van der Waals surface area contributed by atoms with E-state index in [9.17, 15) is 0 Å². The molecule has 86 valence electrons. The second kappa shape index (κ2) is 4.74.